The van der Waals surface area contributed by atoms with E-state index in [4.69, 9.17) is 0 Å². The minimum atomic E-state index is 0.00793. The molecular formula is C17H27N3O. The SMILES string of the molecule is Cc1cc(C)cc(NC(=O)N2CCN(C(C)(C)C)CC2)c1. The van der Waals surface area contributed by atoms with E-state index < -0.39 is 0 Å². The third-order valence-corrected chi connectivity index (χ3v) is 3.99. The van der Waals surface area contributed by atoms with E-state index in [9.17, 15) is 4.79 Å². The Bertz CT molecular complexity index is 491. The van der Waals surface area contributed by atoms with Crippen LogP contribution in [0.25, 0.3) is 0 Å². The highest BCUT2D eigenvalue weighted by Gasteiger charge is 2.27. The van der Waals surface area contributed by atoms with Gasteiger partial charge in [-0.05, 0) is 57.9 Å². The van der Waals surface area contributed by atoms with Crippen molar-refractivity contribution in [3.05, 3.63) is 29.3 Å². The zero-order valence-electron chi connectivity index (χ0n) is 13.9. The maximum atomic E-state index is 12.3. The molecule has 4 heteroatoms. The highest BCUT2D eigenvalue weighted by Crippen LogP contribution is 2.18. The number of anilines is 1. The van der Waals surface area contributed by atoms with Crippen molar-refractivity contribution in [3.63, 3.8) is 0 Å². The molecule has 0 unspecified atom stereocenters. The van der Waals surface area contributed by atoms with Crippen LogP contribution in [0.3, 0.4) is 0 Å². The first-order valence-electron chi connectivity index (χ1n) is 7.65. The topological polar surface area (TPSA) is 35.6 Å². The molecule has 0 spiro atoms. The first-order valence-corrected chi connectivity index (χ1v) is 7.65. The Kier molecular flexibility index (Phi) is 4.57. The van der Waals surface area contributed by atoms with Crippen molar-refractivity contribution in [3.8, 4) is 0 Å². The van der Waals surface area contributed by atoms with Crippen molar-refractivity contribution in [1.29, 1.82) is 0 Å². The molecule has 1 saturated heterocycles. The largest absolute Gasteiger partial charge is 0.322 e. The van der Waals surface area contributed by atoms with Crippen molar-refractivity contribution >= 4 is 11.7 Å². The van der Waals surface area contributed by atoms with Crippen LogP contribution in [0, 0.1) is 13.8 Å². The summed E-state index contributed by atoms with van der Waals surface area (Å²) in [7, 11) is 0. The lowest BCUT2D eigenvalue weighted by atomic mass is 10.1. The van der Waals surface area contributed by atoms with Crippen molar-refractivity contribution in [1.82, 2.24) is 9.80 Å². The average molecular weight is 289 g/mol. The normalized spacial score (nSPS) is 16.9. The van der Waals surface area contributed by atoms with E-state index in [-0.39, 0.29) is 11.6 Å². The molecular weight excluding hydrogens is 262 g/mol. The number of carbonyl (C=O) groups excluding carboxylic acids is 1. The van der Waals surface area contributed by atoms with Gasteiger partial charge in [-0.3, -0.25) is 4.90 Å². The predicted molar refractivity (Wildman–Crippen MR) is 87.8 cm³/mol. The van der Waals surface area contributed by atoms with E-state index in [1.165, 1.54) is 11.1 Å². The van der Waals surface area contributed by atoms with Crippen LogP contribution in [0.4, 0.5) is 10.5 Å². The summed E-state index contributed by atoms with van der Waals surface area (Å²) in [6.07, 6.45) is 0. The standard InChI is InChI=1S/C17H27N3O/c1-13-10-14(2)12-15(11-13)18-16(21)19-6-8-20(9-7-19)17(3,4)5/h10-12H,6-9H2,1-5H3,(H,18,21). The number of benzene rings is 1. The maximum absolute atomic E-state index is 12.3. The zero-order chi connectivity index (χ0) is 15.6. The van der Waals surface area contributed by atoms with Gasteiger partial charge in [0.2, 0.25) is 0 Å². The van der Waals surface area contributed by atoms with Gasteiger partial charge in [0.05, 0.1) is 0 Å². The lowest BCUT2D eigenvalue weighted by Gasteiger charge is -2.42. The molecule has 0 radical (unpaired) electrons. The van der Waals surface area contributed by atoms with Crippen molar-refractivity contribution in [2.24, 2.45) is 0 Å². The molecule has 1 aliphatic heterocycles. The lowest BCUT2D eigenvalue weighted by Crippen LogP contribution is -2.55. The van der Waals surface area contributed by atoms with Crippen LogP contribution in [0.2, 0.25) is 0 Å². The predicted octanol–water partition coefficient (Wildman–Crippen LogP) is 3.25. The van der Waals surface area contributed by atoms with Crippen molar-refractivity contribution < 1.29 is 4.79 Å². The molecule has 2 rings (SSSR count). The fourth-order valence-electron chi connectivity index (χ4n) is 2.83. The number of rotatable bonds is 1. The number of aryl methyl sites for hydroxylation is 2. The fraction of sp³-hybridized carbons (Fsp3) is 0.588. The summed E-state index contributed by atoms with van der Waals surface area (Å²) in [5, 5.41) is 3.02. The monoisotopic (exact) mass is 289 g/mol. The second-order valence-electron chi connectivity index (χ2n) is 6.95. The lowest BCUT2D eigenvalue weighted by molar-refractivity contribution is 0.0774. The smallest absolute Gasteiger partial charge is 0.321 e. The summed E-state index contributed by atoms with van der Waals surface area (Å²) in [4.78, 5) is 16.7. The molecule has 2 amide bonds. The summed E-state index contributed by atoms with van der Waals surface area (Å²) in [5.74, 6) is 0. The van der Waals surface area contributed by atoms with Crippen LogP contribution in [0.5, 0.6) is 0 Å². The third kappa shape index (κ3) is 4.21. The highest BCUT2D eigenvalue weighted by molar-refractivity contribution is 5.89. The van der Waals surface area contributed by atoms with Gasteiger partial charge in [-0.25, -0.2) is 4.79 Å². The van der Waals surface area contributed by atoms with E-state index in [1.807, 2.05) is 30.9 Å². The van der Waals surface area contributed by atoms with E-state index >= 15 is 0 Å². The second-order valence-corrected chi connectivity index (χ2v) is 6.95. The minimum Gasteiger partial charge on any atom is -0.322 e. The summed E-state index contributed by atoms with van der Waals surface area (Å²) in [6, 6.07) is 6.14. The molecule has 1 aromatic carbocycles. The Morgan fingerprint density at radius 3 is 2.00 bits per heavy atom. The van der Waals surface area contributed by atoms with Gasteiger partial charge >= 0.3 is 6.03 Å². The molecule has 4 nitrogen and oxygen atoms in total. The van der Waals surface area contributed by atoms with Crippen LogP contribution in [0.1, 0.15) is 31.9 Å². The van der Waals surface area contributed by atoms with Gasteiger partial charge in [0, 0.05) is 37.4 Å². The highest BCUT2D eigenvalue weighted by atomic mass is 16.2. The quantitative estimate of drug-likeness (QED) is 0.861. The van der Waals surface area contributed by atoms with Gasteiger partial charge in [-0.2, -0.15) is 0 Å². The van der Waals surface area contributed by atoms with E-state index in [2.05, 4.69) is 37.1 Å². The number of carbonyl (C=O) groups is 1. The molecule has 21 heavy (non-hydrogen) atoms. The minimum absolute atomic E-state index is 0.00793. The van der Waals surface area contributed by atoms with Crippen molar-refractivity contribution in [2.45, 2.75) is 40.2 Å². The van der Waals surface area contributed by atoms with Gasteiger partial charge in [0.1, 0.15) is 0 Å². The van der Waals surface area contributed by atoms with Gasteiger partial charge in [-0.15, -0.1) is 0 Å². The van der Waals surface area contributed by atoms with Crippen LogP contribution < -0.4 is 5.32 Å². The summed E-state index contributed by atoms with van der Waals surface area (Å²) >= 11 is 0. The molecule has 1 heterocycles. The fourth-order valence-corrected chi connectivity index (χ4v) is 2.83. The van der Waals surface area contributed by atoms with Crippen molar-refractivity contribution in [2.75, 3.05) is 31.5 Å². The van der Waals surface area contributed by atoms with Gasteiger partial charge in [0.15, 0.2) is 0 Å². The first kappa shape index (κ1) is 15.8. The van der Waals surface area contributed by atoms with Crippen LogP contribution in [-0.4, -0.2) is 47.5 Å². The third-order valence-electron chi connectivity index (χ3n) is 3.99. The Balaban J connectivity index is 1.93. The number of urea groups is 1. The Hall–Kier alpha value is -1.55. The van der Waals surface area contributed by atoms with E-state index in [0.717, 1.165) is 31.9 Å². The molecule has 116 valence electrons. The maximum Gasteiger partial charge on any atom is 0.321 e. The van der Waals surface area contributed by atoms with Gasteiger partial charge in [0.25, 0.3) is 0 Å². The Morgan fingerprint density at radius 2 is 1.52 bits per heavy atom. The van der Waals surface area contributed by atoms with E-state index in [1.54, 1.807) is 0 Å². The number of nitrogens with one attached hydrogen (secondary N) is 1. The van der Waals surface area contributed by atoms with Crippen LogP contribution in [0.15, 0.2) is 18.2 Å². The first-order chi connectivity index (χ1) is 9.75. The molecule has 1 aliphatic rings. The number of nitrogens with zero attached hydrogens (tertiary/aromatic N) is 2. The van der Waals surface area contributed by atoms with Crippen LogP contribution in [-0.2, 0) is 0 Å². The molecule has 0 atom stereocenters. The average Bonchev–Trinajstić information content (AvgIpc) is 2.36. The molecule has 1 aromatic rings. The molecule has 0 aromatic heterocycles. The second kappa shape index (κ2) is 6.06. The Morgan fingerprint density at radius 1 is 1.00 bits per heavy atom. The summed E-state index contributed by atoms with van der Waals surface area (Å²) < 4.78 is 0. The Labute approximate surface area is 128 Å². The van der Waals surface area contributed by atoms with Gasteiger partial charge < -0.3 is 10.2 Å². The summed E-state index contributed by atoms with van der Waals surface area (Å²) in [5.41, 5.74) is 3.40. The number of hydrogen-bond donors (Lipinski definition) is 1. The van der Waals surface area contributed by atoms with Crippen LogP contribution >= 0.6 is 0 Å². The molecule has 0 bridgehead atoms. The zero-order valence-corrected chi connectivity index (χ0v) is 13.9. The number of piperazine rings is 1. The number of hydrogen-bond acceptors (Lipinski definition) is 2. The number of amides is 2. The molecule has 1 fully saturated rings. The van der Waals surface area contributed by atoms with E-state index in [0.29, 0.717) is 0 Å². The van der Waals surface area contributed by atoms with Gasteiger partial charge in [-0.1, -0.05) is 6.07 Å². The molecule has 0 aliphatic carbocycles. The molecule has 0 saturated carbocycles. The molecule has 1 N–H and O–H groups in total. The summed E-state index contributed by atoms with van der Waals surface area (Å²) in [6.45, 7) is 14.2.